The predicted octanol–water partition coefficient (Wildman–Crippen LogP) is 0.753. The lowest BCUT2D eigenvalue weighted by atomic mass is 10.3. The van der Waals surface area contributed by atoms with Crippen molar-refractivity contribution in [2.75, 3.05) is 13.2 Å². The fourth-order valence-electron chi connectivity index (χ4n) is 1.14. The predicted molar refractivity (Wildman–Crippen MR) is 58.5 cm³/mol. The highest BCUT2D eigenvalue weighted by molar-refractivity contribution is 7.11. The van der Waals surface area contributed by atoms with Gasteiger partial charge in [0.1, 0.15) is 0 Å². The van der Waals surface area contributed by atoms with E-state index >= 15 is 0 Å². The van der Waals surface area contributed by atoms with E-state index in [1.807, 2.05) is 0 Å². The third kappa shape index (κ3) is 3.38. The summed E-state index contributed by atoms with van der Waals surface area (Å²) in [5, 5.41) is 20.8. The Balaban J connectivity index is 2.37. The van der Waals surface area contributed by atoms with Gasteiger partial charge in [-0.25, -0.2) is 0 Å². The number of aliphatic hydroxyl groups is 2. The lowest BCUT2D eigenvalue weighted by Crippen LogP contribution is -2.34. The van der Waals surface area contributed by atoms with Crippen molar-refractivity contribution in [3.8, 4) is 0 Å². The Bertz CT molecular complexity index is 258. The number of thiophene rings is 1. The quantitative estimate of drug-likeness (QED) is 0.656. The second-order valence-corrected chi connectivity index (χ2v) is 4.42. The molecule has 1 rings (SSSR count). The lowest BCUT2D eigenvalue weighted by Gasteiger charge is -2.11. The summed E-state index contributed by atoms with van der Waals surface area (Å²) in [7, 11) is 0. The SMILES string of the molecule is CCc1ccc(CNC(CO)CO)s1. The van der Waals surface area contributed by atoms with Crippen molar-refractivity contribution in [2.24, 2.45) is 0 Å². The molecular weight excluding hydrogens is 198 g/mol. The molecule has 0 aliphatic rings. The van der Waals surface area contributed by atoms with Crippen LogP contribution in [0, 0.1) is 0 Å². The van der Waals surface area contributed by atoms with Crippen LogP contribution in [0.4, 0.5) is 0 Å². The van der Waals surface area contributed by atoms with Gasteiger partial charge in [0.05, 0.1) is 19.3 Å². The van der Waals surface area contributed by atoms with Crippen molar-refractivity contribution in [1.82, 2.24) is 5.32 Å². The summed E-state index contributed by atoms with van der Waals surface area (Å²) in [4.78, 5) is 2.61. The Kier molecular flexibility index (Phi) is 5.11. The van der Waals surface area contributed by atoms with Crippen LogP contribution in [-0.2, 0) is 13.0 Å². The summed E-state index contributed by atoms with van der Waals surface area (Å²) < 4.78 is 0. The first-order valence-electron chi connectivity index (χ1n) is 4.82. The number of hydrogen-bond acceptors (Lipinski definition) is 4. The van der Waals surface area contributed by atoms with Crippen molar-refractivity contribution < 1.29 is 10.2 Å². The molecule has 0 aliphatic carbocycles. The summed E-state index contributed by atoms with van der Waals surface area (Å²) in [5.41, 5.74) is 0. The third-order valence-electron chi connectivity index (χ3n) is 2.07. The maximum Gasteiger partial charge on any atom is 0.0607 e. The van der Waals surface area contributed by atoms with E-state index in [0.717, 1.165) is 13.0 Å². The highest BCUT2D eigenvalue weighted by Gasteiger charge is 2.05. The molecule has 1 heterocycles. The second kappa shape index (κ2) is 6.14. The van der Waals surface area contributed by atoms with Crippen LogP contribution in [0.15, 0.2) is 12.1 Å². The molecule has 0 fully saturated rings. The van der Waals surface area contributed by atoms with E-state index in [4.69, 9.17) is 10.2 Å². The normalized spacial score (nSPS) is 11.1. The minimum Gasteiger partial charge on any atom is -0.395 e. The average molecular weight is 215 g/mol. The summed E-state index contributed by atoms with van der Waals surface area (Å²) >= 11 is 1.77. The second-order valence-electron chi connectivity index (χ2n) is 3.16. The van der Waals surface area contributed by atoms with Crippen molar-refractivity contribution in [3.05, 3.63) is 21.9 Å². The fraction of sp³-hybridized carbons (Fsp3) is 0.600. The molecule has 0 spiro atoms. The van der Waals surface area contributed by atoms with Crippen molar-refractivity contribution in [3.63, 3.8) is 0 Å². The minimum absolute atomic E-state index is 0.0253. The maximum absolute atomic E-state index is 8.84. The smallest absolute Gasteiger partial charge is 0.0607 e. The molecule has 3 nitrogen and oxygen atoms in total. The third-order valence-corrected chi connectivity index (χ3v) is 3.30. The van der Waals surface area contributed by atoms with Gasteiger partial charge >= 0.3 is 0 Å². The van der Waals surface area contributed by atoms with Crippen molar-refractivity contribution in [1.29, 1.82) is 0 Å². The zero-order chi connectivity index (χ0) is 10.4. The maximum atomic E-state index is 8.84. The highest BCUT2D eigenvalue weighted by atomic mass is 32.1. The molecule has 0 bridgehead atoms. The van der Waals surface area contributed by atoms with Crippen LogP contribution in [0.3, 0.4) is 0 Å². The van der Waals surface area contributed by atoms with E-state index in [-0.39, 0.29) is 19.3 Å². The first-order chi connectivity index (χ1) is 6.80. The van der Waals surface area contributed by atoms with Crippen molar-refractivity contribution >= 4 is 11.3 Å². The van der Waals surface area contributed by atoms with Crippen LogP contribution in [-0.4, -0.2) is 29.5 Å². The summed E-state index contributed by atoms with van der Waals surface area (Å²) in [6, 6.07) is 4.00. The standard InChI is InChI=1S/C10H17NO2S/c1-2-9-3-4-10(14-9)5-11-8(6-12)7-13/h3-4,8,11-13H,2,5-7H2,1H3. The van der Waals surface area contributed by atoms with Gasteiger partial charge in [0.15, 0.2) is 0 Å². The number of aliphatic hydroxyl groups excluding tert-OH is 2. The van der Waals surface area contributed by atoms with Gasteiger partial charge in [0.2, 0.25) is 0 Å². The molecule has 0 atom stereocenters. The molecular formula is C10H17NO2S. The van der Waals surface area contributed by atoms with Gasteiger partial charge < -0.3 is 15.5 Å². The molecule has 0 saturated carbocycles. The lowest BCUT2D eigenvalue weighted by molar-refractivity contribution is 0.170. The number of aryl methyl sites for hydroxylation is 1. The molecule has 0 unspecified atom stereocenters. The monoisotopic (exact) mass is 215 g/mol. The molecule has 0 amide bonds. The van der Waals surface area contributed by atoms with Crippen LogP contribution >= 0.6 is 11.3 Å². The van der Waals surface area contributed by atoms with Gasteiger partial charge in [-0.15, -0.1) is 11.3 Å². The molecule has 0 radical (unpaired) electrons. The highest BCUT2D eigenvalue weighted by Crippen LogP contribution is 2.16. The Labute approximate surface area is 88.4 Å². The first kappa shape index (κ1) is 11.7. The van der Waals surface area contributed by atoms with Crippen LogP contribution in [0.5, 0.6) is 0 Å². The zero-order valence-corrected chi connectivity index (χ0v) is 9.18. The number of hydrogen-bond donors (Lipinski definition) is 3. The van der Waals surface area contributed by atoms with Gasteiger partial charge in [0, 0.05) is 16.3 Å². The fourth-order valence-corrected chi connectivity index (χ4v) is 2.05. The first-order valence-corrected chi connectivity index (χ1v) is 5.64. The molecule has 1 aromatic rings. The van der Waals surface area contributed by atoms with E-state index in [1.165, 1.54) is 9.75 Å². The molecule has 0 aliphatic heterocycles. The van der Waals surface area contributed by atoms with Crippen LogP contribution < -0.4 is 5.32 Å². The van der Waals surface area contributed by atoms with E-state index in [1.54, 1.807) is 11.3 Å². The molecule has 0 saturated heterocycles. The van der Waals surface area contributed by atoms with Crippen LogP contribution in [0.2, 0.25) is 0 Å². The van der Waals surface area contributed by atoms with E-state index in [9.17, 15) is 0 Å². The summed E-state index contributed by atoms with van der Waals surface area (Å²) in [5.74, 6) is 0. The van der Waals surface area contributed by atoms with E-state index in [2.05, 4.69) is 24.4 Å². The Hall–Kier alpha value is -0.420. The summed E-state index contributed by atoms with van der Waals surface area (Å²) in [6.45, 7) is 2.80. The minimum atomic E-state index is -0.206. The van der Waals surface area contributed by atoms with E-state index < -0.39 is 0 Å². The zero-order valence-electron chi connectivity index (χ0n) is 8.36. The van der Waals surface area contributed by atoms with Crippen LogP contribution in [0.1, 0.15) is 16.7 Å². The Morgan fingerprint density at radius 1 is 1.29 bits per heavy atom. The number of nitrogens with one attached hydrogen (secondary N) is 1. The van der Waals surface area contributed by atoms with Gasteiger partial charge in [0.25, 0.3) is 0 Å². The van der Waals surface area contributed by atoms with Gasteiger partial charge in [-0.2, -0.15) is 0 Å². The molecule has 1 aromatic heterocycles. The molecule has 80 valence electrons. The van der Waals surface area contributed by atoms with Crippen LogP contribution in [0.25, 0.3) is 0 Å². The topological polar surface area (TPSA) is 52.5 Å². The average Bonchev–Trinajstić information content (AvgIpc) is 2.67. The largest absolute Gasteiger partial charge is 0.395 e. The van der Waals surface area contributed by atoms with E-state index in [0.29, 0.717) is 0 Å². The number of rotatable bonds is 6. The molecule has 14 heavy (non-hydrogen) atoms. The molecule has 3 N–H and O–H groups in total. The molecule has 4 heteroatoms. The van der Waals surface area contributed by atoms with Gasteiger partial charge in [-0.1, -0.05) is 6.92 Å². The Morgan fingerprint density at radius 2 is 1.93 bits per heavy atom. The van der Waals surface area contributed by atoms with Gasteiger partial charge in [-0.05, 0) is 18.6 Å². The Morgan fingerprint density at radius 3 is 2.43 bits per heavy atom. The van der Waals surface area contributed by atoms with Gasteiger partial charge in [-0.3, -0.25) is 0 Å². The summed E-state index contributed by atoms with van der Waals surface area (Å²) in [6.07, 6.45) is 1.06. The molecule has 0 aromatic carbocycles. The van der Waals surface area contributed by atoms with Crippen molar-refractivity contribution in [2.45, 2.75) is 25.9 Å².